The first-order chi connectivity index (χ1) is 7.68. The summed E-state index contributed by atoms with van der Waals surface area (Å²) in [7, 11) is 0. The van der Waals surface area contributed by atoms with Crippen LogP contribution in [0.2, 0.25) is 0 Å². The van der Waals surface area contributed by atoms with Crippen molar-refractivity contribution < 1.29 is 5.11 Å². The summed E-state index contributed by atoms with van der Waals surface area (Å²) in [6.45, 7) is 0. The van der Waals surface area contributed by atoms with Crippen LogP contribution in [0.1, 0.15) is 0 Å². The Labute approximate surface area is 93.7 Å². The molecule has 0 unspecified atom stereocenters. The average molecular weight is 234 g/mol. The second kappa shape index (κ2) is 4.19. The van der Waals surface area contributed by atoms with E-state index in [1.165, 1.54) is 6.07 Å². The van der Waals surface area contributed by atoms with Gasteiger partial charge in [0.1, 0.15) is 11.4 Å². The van der Waals surface area contributed by atoms with Gasteiger partial charge in [0.15, 0.2) is 0 Å². The molecule has 0 saturated heterocycles. The average Bonchev–Trinajstić information content (AvgIpc) is 2.92. The van der Waals surface area contributed by atoms with Gasteiger partial charge in [-0.3, -0.25) is 9.59 Å². The fourth-order valence-corrected chi connectivity index (χ4v) is 1.59. The summed E-state index contributed by atoms with van der Waals surface area (Å²) in [5, 5.41) is 12.9. The number of fused-ring (bicyclic) bond motifs is 1. The molecule has 6 heteroatoms. The SMILES string of the molecule is O=c1nc2cc(O)nc-2c1=O.c1ccsc1. The molecule has 5 nitrogen and oxygen atoms in total. The largest absolute Gasteiger partial charge is 0.493 e. The maximum atomic E-state index is 10.8. The minimum Gasteiger partial charge on any atom is -0.493 e. The van der Waals surface area contributed by atoms with Crippen LogP contribution >= 0.6 is 11.3 Å². The maximum Gasteiger partial charge on any atom is 0.320 e. The first-order valence-corrected chi connectivity index (χ1v) is 5.27. The van der Waals surface area contributed by atoms with E-state index in [1.807, 2.05) is 22.9 Å². The van der Waals surface area contributed by atoms with Crippen LogP contribution in [0.3, 0.4) is 0 Å². The predicted octanol–water partition coefficient (Wildman–Crippen LogP) is 0.631. The quantitative estimate of drug-likeness (QED) is 0.577. The van der Waals surface area contributed by atoms with Crippen LogP contribution in [-0.2, 0) is 0 Å². The molecule has 0 saturated carbocycles. The van der Waals surface area contributed by atoms with Crippen LogP contribution in [0.5, 0.6) is 5.88 Å². The van der Waals surface area contributed by atoms with E-state index in [9.17, 15) is 9.59 Å². The second-order valence-electron chi connectivity index (χ2n) is 2.89. The van der Waals surface area contributed by atoms with Crippen LogP contribution in [0.15, 0.2) is 38.5 Å². The Bertz CT molecular complexity index is 609. The Balaban J connectivity index is 0.000000162. The summed E-state index contributed by atoms with van der Waals surface area (Å²) < 4.78 is 0. The third-order valence-electron chi connectivity index (χ3n) is 1.79. The lowest BCUT2D eigenvalue weighted by Gasteiger charge is -1.72. The van der Waals surface area contributed by atoms with Crippen molar-refractivity contribution in [3.8, 4) is 17.3 Å². The second-order valence-corrected chi connectivity index (χ2v) is 3.70. The number of rotatable bonds is 0. The molecule has 1 aromatic rings. The zero-order valence-corrected chi connectivity index (χ0v) is 8.77. The van der Waals surface area contributed by atoms with Gasteiger partial charge in [-0.15, -0.1) is 0 Å². The van der Waals surface area contributed by atoms with E-state index in [0.717, 1.165) is 0 Å². The highest BCUT2D eigenvalue weighted by atomic mass is 32.1. The van der Waals surface area contributed by atoms with Crippen LogP contribution in [0.4, 0.5) is 0 Å². The molecule has 0 radical (unpaired) electrons. The van der Waals surface area contributed by atoms with Crippen molar-refractivity contribution in [3.05, 3.63) is 49.5 Å². The van der Waals surface area contributed by atoms with E-state index in [1.54, 1.807) is 11.3 Å². The third-order valence-corrected chi connectivity index (χ3v) is 2.42. The molecule has 0 amide bonds. The van der Waals surface area contributed by atoms with E-state index in [0.29, 0.717) is 0 Å². The van der Waals surface area contributed by atoms with Gasteiger partial charge >= 0.3 is 5.56 Å². The number of hydrogen-bond acceptors (Lipinski definition) is 6. The van der Waals surface area contributed by atoms with Crippen molar-refractivity contribution in [1.29, 1.82) is 0 Å². The topological polar surface area (TPSA) is 80.2 Å². The predicted molar refractivity (Wildman–Crippen MR) is 59.5 cm³/mol. The zero-order chi connectivity index (χ0) is 11.5. The Kier molecular flexibility index (Phi) is 2.74. The molecule has 2 aliphatic rings. The van der Waals surface area contributed by atoms with Crippen molar-refractivity contribution >= 4 is 11.3 Å². The molecular formula is C10H6N2O3S. The van der Waals surface area contributed by atoms with Gasteiger partial charge in [0.25, 0.3) is 5.43 Å². The lowest BCUT2D eigenvalue weighted by Crippen LogP contribution is -2.19. The van der Waals surface area contributed by atoms with Gasteiger partial charge in [-0.1, -0.05) is 12.1 Å². The normalized spacial score (nSPS) is 10.0. The number of hydrogen-bond donors (Lipinski definition) is 1. The Morgan fingerprint density at radius 1 is 1.12 bits per heavy atom. The first kappa shape index (κ1) is 10.4. The molecule has 0 atom stereocenters. The van der Waals surface area contributed by atoms with Crippen LogP contribution in [0, 0.1) is 0 Å². The van der Waals surface area contributed by atoms with Crippen LogP contribution < -0.4 is 11.0 Å². The van der Waals surface area contributed by atoms with Gasteiger partial charge in [0.05, 0.1) is 0 Å². The monoisotopic (exact) mass is 234 g/mol. The smallest absolute Gasteiger partial charge is 0.320 e. The molecule has 0 aromatic carbocycles. The fourth-order valence-electron chi connectivity index (χ4n) is 1.14. The molecule has 0 fully saturated rings. The lowest BCUT2D eigenvalue weighted by atomic mass is 10.4. The summed E-state index contributed by atoms with van der Waals surface area (Å²) >= 11 is 1.71. The molecule has 1 aromatic heterocycles. The lowest BCUT2D eigenvalue weighted by molar-refractivity contribution is 0.458. The van der Waals surface area contributed by atoms with Crippen molar-refractivity contribution in [3.63, 3.8) is 0 Å². The number of aromatic hydroxyl groups is 1. The highest BCUT2D eigenvalue weighted by molar-refractivity contribution is 7.07. The number of thiophene rings is 1. The summed E-state index contributed by atoms with van der Waals surface area (Å²) in [5.74, 6) is -0.278. The van der Waals surface area contributed by atoms with Gasteiger partial charge in [0, 0.05) is 6.07 Å². The highest BCUT2D eigenvalue weighted by Crippen LogP contribution is 2.18. The Hall–Kier alpha value is -2.08. The van der Waals surface area contributed by atoms with E-state index >= 15 is 0 Å². The first-order valence-electron chi connectivity index (χ1n) is 4.33. The molecule has 2 aliphatic heterocycles. The van der Waals surface area contributed by atoms with Gasteiger partial charge in [0.2, 0.25) is 5.88 Å². The summed E-state index contributed by atoms with van der Waals surface area (Å²) in [6.07, 6.45) is 0. The van der Waals surface area contributed by atoms with E-state index in [4.69, 9.17) is 5.11 Å². The molecular weight excluding hydrogens is 228 g/mol. The van der Waals surface area contributed by atoms with Gasteiger partial charge in [-0.05, 0) is 10.8 Å². The molecule has 16 heavy (non-hydrogen) atoms. The minimum atomic E-state index is -0.817. The summed E-state index contributed by atoms with van der Waals surface area (Å²) in [5.41, 5.74) is -1.45. The molecule has 1 N–H and O–H groups in total. The minimum absolute atomic E-state index is 0.0486. The van der Waals surface area contributed by atoms with E-state index in [2.05, 4.69) is 9.97 Å². The molecule has 3 heterocycles. The van der Waals surface area contributed by atoms with Gasteiger partial charge < -0.3 is 5.11 Å². The molecule has 0 aliphatic carbocycles. The molecule has 80 valence electrons. The molecule has 0 spiro atoms. The number of nitrogens with zero attached hydrogens (tertiary/aromatic N) is 2. The Morgan fingerprint density at radius 3 is 2.31 bits per heavy atom. The van der Waals surface area contributed by atoms with E-state index < -0.39 is 11.0 Å². The van der Waals surface area contributed by atoms with Gasteiger partial charge in [-0.25, -0.2) is 9.97 Å². The van der Waals surface area contributed by atoms with Crippen LogP contribution in [0.25, 0.3) is 11.4 Å². The zero-order valence-electron chi connectivity index (χ0n) is 7.95. The van der Waals surface area contributed by atoms with Crippen molar-refractivity contribution in [2.24, 2.45) is 0 Å². The standard InChI is InChI=1S/C6H2N2O3.C4H4S/c9-3-1-2-4(8-3)5(10)6(11)7-2;1-2-4-5-3-1/h1,9H;1-4H. The highest BCUT2D eigenvalue weighted by Gasteiger charge is 2.18. The van der Waals surface area contributed by atoms with E-state index in [-0.39, 0.29) is 17.3 Å². The summed E-state index contributed by atoms with van der Waals surface area (Å²) in [4.78, 5) is 28.1. The van der Waals surface area contributed by atoms with Gasteiger partial charge in [-0.2, -0.15) is 11.3 Å². The number of aromatic nitrogens is 2. The summed E-state index contributed by atoms with van der Waals surface area (Å²) in [6, 6.07) is 5.22. The fraction of sp³-hybridized carbons (Fsp3) is 0. The van der Waals surface area contributed by atoms with Crippen molar-refractivity contribution in [2.75, 3.05) is 0 Å². The maximum absolute atomic E-state index is 10.8. The third kappa shape index (κ3) is 1.96. The molecule has 0 bridgehead atoms. The molecule has 3 rings (SSSR count). The van der Waals surface area contributed by atoms with Crippen molar-refractivity contribution in [1.82, 2.24) is 9.97 Å². The Morgan fingerprint density at radius 2 is 1.81 bits per heavy atom. The van der Waals surface area contributed by atoms with Crippen LogP contribution in [-0.4, -0.2) is 15.1 Å². The van der Waals surface area contributed by atoms with Crippen molar-refractivity contribution in [2.45, 2.75) is 0 Å².